The molecule has 0 radical (unpaired) electrons. The summed E-state index contributed by atoms with van der Waals surface area (Å²) in [5.41, 5.74) is 0. The Morgan fingerprint density at radius 2 is 2.45 bits per heavy atom. The van der Waals surface area contributed by atoms with Gasteiger partial charge >= 0.3 is 0 Å². The lowest BCUT2D eigenvalue weighted by Gasteiger charge is -2.20. The topological polar surface area (TPSA) is 29.1 Å². The first-order valence-corrected chi connectivity index (χ1v) is 5.17. The predicted molar refractivity (Wildman–Crippen MR) is 44.4 cm³/mol. The average Bonchev–Trinajstić information content (AvgIpc) is 2.53. The maximum Gasteiger partial charge on any atom is 0.224 e. The number of carbonyl (C=O) groups excluding carboxylic acids is 1. The molecule has 0 saturated carbocycles. The molecule has 5 unspecified atom stereocenters. The monoisotopic (exact) mass is 169 g/mol. The molecule has 1 amide bonds. The van der Waals surface area contributed by atoms with Gasteiger partial charge in [0, 0.05) is 16.5 Å². The smallest absolute Gasteiger partial charge is 0.224 e. The van der Waals surface area contributed by atoms with Crippen molar-refractivity contribution in [2.24, 2.45) is 11.8 Å². The molecule has 3 saturated heterocycles. The lowest BCUT2D eigenvalue weighted by molar-refractivity contribution is -0.122. The van der Waals surface area contributed by atoms with Crippen molar-refractivity contribution >= 4 is 17.7 Å². The van der Waals surface area contributed by atoms with Crippen LogP contribution in [0.1, 0.15) is 13.3 Å². The summed E-state index contributed by atoms with van der Waals surface area (Å²) in [6, 6.07) is 0.510. The summed E-state index contributed by atoms with van der Waals surface area (Å²) in [6.07, 6.45) is 1.14. The second-order valence-electron chi connectivity index (χ2n) is 3.87. The van der Waals surface area contributed by atoms with Crippen LogP contribution in [0.5, 0.6) is 0 Å². The molecule has 11 heavy (non-hydrogen) atoms. The van der Waals surface area contributed by atoms with E-state index < -0.39 is 0 Å². The normalized spacial score (nSPS) is 58.6. The summed E-state index contributed by atoms with van der Waals surface area (Å²) in [4.78, 5) is 11.3. The molecule has 3 aliphatic rings. The molecular formula is C8H11NOS. The first-order chi connectivity index (χ1) is 5.27. The van der Waals surface area contributed by atoms with Gasteiger partial charge in [-0.15, -0.1) is 0 Å². The Kier molecular flexibility index (Phi) is 1.02. The van der Waals surface area contributed by atoms with Crippen LogP contribution in [0.25, 0.3) is 0 Å². The molecule has 3 fully saturated rings. The molecule has 0 aromatic heterocycles. The van der Waals surface area contributed by atoms with Gasteiger partial charge < -0.3 is 5.32 Å². The molecule has 2 nitrogen and oxygen atoms in total. The van der Waals surface area contributed by atoms with E-state index >= 15 is 0 Å². The van der Waals surface area contributed by atoms with Crippen LogP contribution in [0.15, 0.2) is 0 Å². The van der Waals surface area contributed by atoms with Crippen molar-refractivity contribution < 1.29 is 4.79 Å². The average molecular weight is 169 g/mol. The lowest BCUT2D eigenvalue weighted by Crippen LogP contribution is -2.35. The summed E-state index contributed by atoms with van der Waals surface area (Å²) >= 11 is 2.04. The first kappa shape index (κ1) is 6.35. The highest BCUT2D eigenvalue weighted by Gasteiger charge is 2.58. The van der Waals surface area contributed by atoms with Crippen LogP contribution in [-0.2, 0) is 4.79 Å². The highest BCUT2D eigenvalue weighted by molar-refractivity contribution is 8.01. The Labute approximate surface area is 70.1 Å². The van der Waals surface area contributed by atoms with Gasteiger partial charge in [0.05, 0.1) is 5.92 Å². The van der Waals surface area contributed by atoms with Gasteiger partial charge in [-0.1, -0.05) is 6.92 Å². The second kappa shape index (κ2) is 1.76. The molecule has 5 atom stereocenters. The van der Waals surface area contributed by atoms with Gasteiger partial charge in [-0.25, -0.2) is 0 Å². The van der Waals surface area contributed by atoms with Gasteiger partial charge in [0.2, 0.25) is 5.91 Å². The largest absolute Gasteiger partial charge is 0.352 e. The van der Waals surface area contributed by atoms with E-state index in [0.29, 0.717) is 29.0 Å². The predicted octanol–water partition coefficient (Wildman–Crippen LogP) is 0.625. The quantitative estimate of drug-likeness (QED) is 0.576. The van der Waals surface area contributed by atoms with E-state index in [0.717, 1.165) is 11.7 Å². The summed E-state index contributed by atoms with van der Waals surface area (Å²) in [5, 5.41) is 4.50. The van der Waals surface area contributed by atoms with Crippen LogP contribution in [0.2, 0.25) is 0 Å². The van der Waals surface area contributed by atoms with E-state index in [1.54, 1.807) is 0 Å². The molecule has 0 aromatic rings. The molecule has 3 aliphatic heterocycles. The molecule has 2 bridgehead atoms. The van der Waals surface area contributed by atoms with Gasteiger partial charge in [-0.2, -0.15) is 11.8 Å². The fourth-order valence-corrected chi connectivity index (χ4v) is 4.73. The number of rotatable bonds is 0. The summed E-state index contributed by atoms with van der Waals surface area (Å²) < 4.78 is 0. The minimum absolute atomic E-state index is 0.319. The standard InChI is InChI=1S/C8H11NOS/c1-3-5-2-4-7(11-5)6(3)9-8(4)10/h3-7H,2H2,1H3,(H,9,10). The number of hydrogen-bond acceptors (Lipinski definition) is 2. The van der Waals surface area contributed by atoms with E-state index in [1.807, 2.05) is 11.8 Å². The number of fused-ring (bicyclic) bond motifs is 1. The first-order valence-electron chi connectivity index (χ1n) is 4.23. The van der Waals surface area contributed by atoms with Crippen molar-refractivity contribution in [1.82, 2.24) is 5.32 Å². The summed E-state index contributed by atoms with van der Waals surface area (Å²) in [5.74, 6) is 1.40. The second-order valence-corrected chi connectivity index (χ2v) is 5.30. The third kappa shape index (κ3) is 0.593. The number of thioether (sulfide) groups is 1. The lowest BCUT2D eigenvalue weighted by atomic mass is 9.83. The van der Waals surface area contributed by atoms with Crippen LogP contribution in [-0.4, -0.2) is 22.4 Å². The maximum absolute atomic E-state index is 11.3. The molecule has 0 aliphatic carbocycles. The van der Waals surface area contributed by atoms with Crippen molar-refractivity contribution in [3.63, 3.8) is 0 Å². The van der Waals surface area contributed by atoms with Crippen molar-refractivity contribution in [2.75, 3.05) is 0 Å². The fraction of sp³-hybridized carbons (Fsp3) is 0.875. The van der Waals surface area contributed by atoms with Crippen LogP contribution in [0.4, 0.5) is 0 Å². The van der Waals surface area contributed by atoms with E-state index in [4.69, 9.17) is 0 Å². The van der Waals surface area contributed by atoms with Crippen molar-refractivity contribution in [3.8, 4) is 0 Å². The van der Waals surface area contributed by atoms with Gasteiger partial charge in [-0.3, -0.25) is 4.79 Å². The van der Waals surface area contributed by atoms with Crippen molar-refractivity contribution in [1.29, 1.82) is 0 Å². The van der Waals surface area contributed by atoms with Crippen LogP contribution >= 0.6 is 11.8 Å². The molecule has 0 spiro atoms. The Morgan fingerprint density at radius 3 is 3.09 bits per heavy atom. The molecule has 60 valence electrons. The summed E-state index contributed by atoms with van der Waals surface area (Å²) in [6.45, 7) is 2.27. The van der Waals surface area contributed by atoms with E-state index in [9.17, 15) is 4.79 Å². The summed E-state index contributed by atoms with van der Waals surface area (Å²) in [7, 11) is 0. The minimum Gasteiger partial charge on any atom is -0.352 e. The molecule has 3 rings (SSSR count). The van der Waals surface area contributed by atoms with E-state index in [2.05, 4.69) is 12.2 Å². The van der Waals surface area contributed by atoms with Crippen LogP contribution in [0.3, 0.4) is 0 Å². The van der Waals surface area contributed by atoms with E-state index in [1.165, 1.54) is 0 Å². The Morgan fingerprint density at radius 1 is 1.64 bits per heavy atom. The Balaban J connectivity index is 2.04. The van der Waals surface area contributed by atoms with Gasteiger partial charge in [-0.05, 0) is 12.3 Å². The zero-order chi connectivity index (χ0) is 7.59. The molecular weight excluding hydrogens is 158 g/mol. The third-order valence-corrected chi connectivity index (χ3v) is 5.27. The molecule has 3 heteroatoms. The molecule has 0 aromatic carbocycles. The van der Waals surface area contributed by atoms with Crippen LogP contribution < -0.4 is 5.32 Å². The van der Waals surface area contributed by atoms with E-state index in [-0.39, 0.29) is 0 Å². The Bertz CT molecular complexity index is 230. The number of nitrogens with one attached hydrogen (secondary N) is 1. The SMILES string of the molecule is CC1C2CC3C(=O)NC1C3S2. The van der Waals surface area contributed by atoms with Crippen molar-refractivity contribution in [2.45, 2.75) is 29.9 Å². The van der Waals surface area contributed by atoms with Crippen molar-refractivity contribution in [3.05, 3.63) is 0 Å². The van der Waals surface area contributed by atoms with Gasteiger partial charge in [0.15, 0.2) is 0 Å². The van der Waals surface area contributed by atoms with Gasteiger partial charge in [0.1, 0.15) is 0 Å². The molecule has 1 N–H and O–H groups in total. The number of carbonyl (C=O) groups is 1. The zero-order valence-electron chi connectivity index (χ0n) is 6.41. The Hall–Kier alpha value is -0.180. The minimum atomic E-state index is 0.319. The zero-order valence-corrected chi connectivity index (χ0v) is 7.23. The van der Waals surface area contributed by atoms with Crippen LogP contribution in [0, 0.1) is 11.8 Å². The number of amides is 1. The molecule has 3 heterocycles. The highest BCUT2D eigenvalue weighted by atomic mass is 32.2. The fourth-order valence-electron chi connectivity index (χ4n) is 2.68. The maximum atomic E-state index is 11.3. The number of hydrogen-bond donors (Lipinski definition) is 1. The third-order valence-electron chi connectivity index (χ3n) is 3.37. The highest BCUT2D eigenvalue weighted by Crippen LogP contribution is 2.55. The van der Waals surface area contributed by atoms with Gasteiger partial charge in [0.25, 0.3) is 0 Å².